The minimum Gasteiger partial charge on any atom is -0.478 e. The first kappa shape index (κ1) is 21.8. The number of carbonyl (C=O) groups excluding carboxylic acids is 2. The molecular weight excluding hydrogens is 372 g/mol. The Morgan fingerprint density at radius 2 is 1.85 bits per heavy atom. The van der Waals surface area contributed by atoms with Gasteiger partial charge in [-0.2, -0.15) is 0 Å². The lowest BCUT2D eigenvalue weighted by Crippen LogP contribution is -2.67. The molecule has 1 saturated heterocycles. The Labute approximate surface area is 160 Å². The lowest BCUT2D eigenvalue weighted by molar-refractivity contribution is -0.217. The third-order valence-electron chi connectivity index (χ3n) is 6.30. The van der Waals surface area contributed by atoms with Crippen LogP contribution in [0.4, 0.5) is 0 Å². The number of carbonyl (C=O) groups is 3. The van der Waals surface area contributed by atoms with Crippen LogP contribution in [0.25, 0.3) is 0 Å². The summed E-state index contributed by atoms with van der Waals surface area (Å²) in [7, 11) is 0.299. The number of hydrogen-bond donors (Lipinski definition) is 1. The predicted molar refractivity (Wildman–Crippen MR) is 97.6 cm³/mol. The van der Waals surface area contributed by atoms with Crippen LogP contribution in [-0.2, 0) is 33.0 Å². The monoisotopic (exact) mass is 402 g/mol. The molecular formula is C18H30O8Si. The lowest BCUT2D eigenvalue weighted by Gasteiger charge is -2.49. The van der Waals surface area contributed by atoms with Gasteiger partial charge in [0.15, 0.2) is 8.32 Å². The highest BCUT2D eigenvalue weighted by Crippen LogP contribution is 2.51. The van der Waals surface area contributed by atoms with Crippen LogP contribution >= 0.6 is 0 Å². The Bertz CT molecular complexity index is 625. The number of hydrogen-bond acceptors (Lipinski definition) is 7. The van der Waals surface area contributed by atoms with E-state index in [2.05, 4.69) is 20.8 Å². The van der Waals surface area contributed by atoms with Crippen LogP contribution in [0.5, 0.6) is 0 Å². The first-order valence-electron chi connectivity index (χ1n) is 9.05. The SMILES string of the molecule is COC(=O)[C@H]1C[C@@H](O[Si](C)(C)C(C)(C)C)[C@H](OC)[C@@]2(C(=O)O)OC(=O)C[C@@H]12. The van der Waals surface area contributed by atoms with E-state index in [0.29, 0.717) is 0 Å². The van der Waals surface area contributed by atoms with Gasteiger partial charge < -0.3 is 23.7 Å². The highest BCUT2D eigenvalue weighted by Gasteiger charge is 2.69. The van der Waals surface area contributed by atoms with E-state index in [4.69, 9.17) is 18.6 Å². The molecule has 27 heavy (non-hydrogen) atoms. The van der Waals surface area contributed by atoms with Crippen LogP contribution in [-0.4, -0.2) is 63.4 Å². The Hall–Kier alpha value is -1.45. The molecule has 2 aliphatic rings. The molecule has 1 aliphatic carbocycles. The first-order valence-corrected chi connectivity index (χ1v) is 12.0. The minimum absolute atomic E-state index is 0.133. The Morgan fingerprint density at radius 3 is 2.30 bits per heavy atom. The summed E-state index contributed by atoms with van der Waals surface area (Å²) < 4.78 is 22.2. The molecule has 1 heterocycles. The number of fused-ring (bicyclic) bond motifs is 1. The summed E-state index contributed by atoms with van der Waals surface area (Å²) in [5.74, 6) is -4.24. The van der Waals surface area contributed by atoms with Crippen LogP contribution in [0.1, 0.15) is 33.6 Å². The summed E-state index contributed by atoms with van der Waals surface area (Å²) in [5.41, 5.74) is -1.96. The van der Waals surface area contributed by atoms with Gasteiger partial charge in [-0.15, -0.1) is 0 Å². The van der Waals surface area contributed by atoms with Crippen molar-refractivity contribution in [3.63, 3.8) is 0 Å². The second-order valence-corrected chi connectivity index (χ2v) is 13.6. The molecule has 0 amide bonds. The third kappa shape index (κ3) is 3.52. The molecule has 0 aromatic carbocycles. The molecule has 154 valence electrons. The van der Waals surface area contributed by atoms with E-state index in [9.17, 15) is 19.5 Å². The van der Waals surface area contributed by atoms with Crippen LogP contribution in [0.15, 0.2) is 0 Å². The second kappa shape index (κ2) is 7.18. The second-order valence-electron chi connectivity index (χ2n) is 8.82. The van der Waals surface area contributed by atoms with Gasteiger partial charge in [0.05, 0.1) is 25.6 Å². The van der Waals surface area contributed by atoms with Crippen molar-refractivity contribution in [1.82, 2.24) is 0 Å². The van der Waals surface area contributed by atoms with E-state index in [1.165, 1.54) is 14.2 Å². The van der Waals surface area contributed by atoms with Crippen LogP contribution < -0.4 is 0 Å². The molecule has 8 nitrogen and oxygen atoms in total. The molecule has 1 aliphatic heterocycles. The van der Waals surface area contributed by atoms with Crippen LogP contribution in [0.2, 0.25) is 18.1 Å². The normalized spacial score (nSPS) is 34.0. The van der Waals surface area contributed by atoms with Crippen molar-refractivity contribution < 1.29 is 38.1 Å². The van der Waals surface area contributed by atoms with Gasteiger partial charge in [0.25, 0.3) is 0 Å². The zero-order valence-corrected chi connectivity index (χ0v) is 18.0. The molecule has 0 aromatic rings. The van der Waals surface area contributed by atoms with E-state index < -0.39 is 55.9 Å². The Balaban J connectivity index is 2.54. The van der Waals surface area contributed by atoms with E-state index in [-0.39, 0.29) is 17.9 Å². The topological polar surface area (TPSA) is 108 Å². The number of carboxylic acid groups (broad SMARTS) is 1. The first-order chi connectivity index (χ1) is 12.3. The van der Waals surface area contributed by atoms with Gasteiger partial charge in [-0.05, 0) is 24.6 Å². The average molecular weight is 403 g/mol. The largest absolute Gasteiger partial charge is 0.478 e. The highest BCUT2D eigenvalue weighted by atomic mass is 28.4. The highest BCUT2D eigenvalue weighted by molar-refractivity contribution is 6.74. The zero-order valence-electron chi connectivity index (χ0n) is 17.0. The van der Waals surface area contributed by atoms with Crippen molar-refractivity contribution in [2.75, 3.05) is 14.2 Å². The molecule has 2 fully saturated rings. The van der Waals surface area contributed by atoms with Gasteiger partial charge in [0.2, 0.25) is 5.60 Å². The van der Waals surface area contributed by atoms with Crippen LogP contribution in [0, 0.1) is 11.8 Å². The summed E-state index contributed by atoms with van der Waals surface area (Å²) in [4.78, 5) is 36.8. The molecule has 1 saturated carbocycles. The average Bonchev–Trinajstić information content (AvgIpc) is 2.90. The molecule has 9 heteroatoms. The fourth-order valence-electron chi connectivity index (χ4n) is 3.89. The summed E-state index contributed by atoms with van der Waals surface area (Å²) in [5, 5.41) is 9.88. The number of aliphatic carboxylic acids is 1. The van der Waals surface area contributed by atoms with Crippen molar-refractivity contribution in [2.24, 2.45) is 11.8 Å². The van der Waals surface area contributed by atoms with Gasteiger partial charge in [0, 0.05) is 13.0 Å². The fraction of sp³-hybridized carbons (Fsp3) is 0.833. The van der Waals surface area contributed by atoms with Crippen molar-refractivity contribution in [2.45, 2.75) is 69.6 Å². The van der Waals surface area contributed by atoms with Gasteiger partial charge in [-0.1, -0.05) is 20.8 Å². The number of methoxy groups -OCH3 is 2. The quantitative estimate of drug-likeness (QED) is 0.549. The fourth-order valence-corrected chi connectivity index (χ4v) is 5.22. The lowest BCUT2D eigenvalue weighted by atomic mass is 9.66. The zero-order chi connectivity index (χ0) is 20.8. The van der Waals surface area contributed by atoms with Crippen molar-refractivity contribution in [1.29, 1.82) is 0 Å². The maximum atomic E-state index is 12.4. The van der Waals surface area contributed by atoms with E-state index >= 15 is 0 Å². The van der Waals surface area contributed by atoms with Gasteiger partial charge >= 0.3 is 17.9 Å². The maximum Gasteiger partial charge on any atom is 0.351 e. The molecule has 0 spiro atoms. The van der Waals surface area contributed by atoms with Gasteiger partial charge in [-0.3, -0.25) is 9.59 Å². The molecule has 0 bridgehead atoms. The summed E-state index contributed by atoms with van der Waals surface area (Å²) in [6.45, 7) is 10.3. The Kier molecular flexibility index (Phi) is 5.81. The molecule has 0 radical (unpaired) electrons. The summed E-state index contributed by atoms with van der Waals surface area (Å²) >= 11 is 0. The molecule has 5 atom stereocenters. The molecule has 0 aromatic heterocycles. The molecule has 0 unspecified atom stereocenters. The van der Waals surface area contributed by atoms with Gasteiger partial charge in [0.1, 0.15) is 6.10 Å². The molecule has 2 rings (SSSR count). The number of carboxylic acids is 1. The predicted octanol–water partition coefficient (Wildman–Crippen LogP) is 1.97. The standard InChI is InChI=1S/C18H30O8Si/c1-17(2,3)27(6,7)26-12-8-10(15(20)24-5)11-9-13(19)25-18(11,16(21)22)14(12)23-4/h10-12,14H,8-9H2,1-7H3,(H,21,22)/t10-,11-,12+,14-,18-/m0/s1. The summed E-state index contributed by atoms with van der Waals surface area (Å²) in [6.07, 6.45) is -1.67. The maximum absolute atomic E-state index is 12.4. The van der Waals surface area contributed by atoms with E-state index in [0.717, 1.165) is 0 Å². The van der Waals surface area contributed by atoms with Gasteiger partial charge in [-0.25, -0.2) is 4.79 Å². The Morgan fingerprint density at radius 1 is 1.26 bits per heavy atom. The van der Waals surface area contributed by atoms with Crippen molar-refractivity contribution in [3.05, 3.63) is 0 Å². The van der Waals surface area contributed by atoms with Crippen molar-refractivity contribution >= 4 is 26.2 Å². The smallest absolute Gasteiger partial charge is 0.351 e. The van der Waals surface area contributed by atoms with Crippen LogP contribution in [0.3, 0.4) is 0 Å². The number of esters is 2. The van der Waals surface area contributed by atoms with Crippen molar-refractivity contribution in [3.8, 4) is 0 Å². The number of ether oxygens (including phenoxy) is 3. The molecule has 1 N–H and O–H groups in total. The minimum atomic E-state index is -2.32. The summed E-state index contributed by atoms with van der Waals surface area (Å²) in [6, 6.07) is 0. The van der Waals surface area contributed by atoms with E-state index in [1.54, 1.807) is 0 Å². The van der Waals surface area contributed by atoms with E-state index in [1.807, 2.05) is 13.1 Å². The third-order valence-corrected chi connectivity index (χ3v) is 10.8. The number of rotatable bonds is 5.